The highest BCUT2D eigenvalue weighted by Gasteiger charge is 2.56. The fourth-order valence-electron chi connectivity index (χ4n) is 7.85. The van der Waals surface area contributed by atoms with Gasteiger partial charge >= 0.3 is 0 Å². The van der Waals surface area contributed by atoms with Gasteiger partial charge in [-0.15, -0.1) is 0 Å². The molecule has 4 fully saturated rings. The third-order valence-corrected chi connectivity index (χ3v) is 8.82. The Labute approximate surface area is 138 Å². The van der Waals surface area contributed by atoms with Gasteiger partial charge in [-0.05, 0) is 78.9 Å². The van der Waals surface area contributed by atoms with Gasteiger partial charge in [-0.3, -0.25) is 0 Å². The van der Waals surface area contributed by atoms with Crippen molar-refractivity contribution in [1.29, 1.82) is 0 Å². The Morgan fingerprint density at radius 3 is 2.36 bits per heavy atom. The summed E-state index contributed by atoms with van der Waals surface area (Å²) < 4.78 is 0. The van der Waals surface area contributed by atoms with Crippen LogP contribution in [0.15, 0.2) is 12.2 Å². The smallest absolute Gasteiger partial charge is 0.0143 e. The van der Waals surface area contributed by atoms with Crippen molar-refractivity contribution in [3.63, 3.8) is 0 Å². The molecule has 22 heavy (non-hydrogen) atoms. The second-order valence-electron chi connectivity index (χ2n) is 9.36. The fraction of sp³-hybridized carbons (Fsp3) is 0.909. The molecule has 0 saturated heterocycles. The Balaban J connectivity index is 1.63. The van der Waals surface area contributed by atoms with E-state index < -0.39 is 0 Å². The van der Waals surface area contributed by atoms with Crippen LogP contribution in [0.2, 0.25) is 0 Å². The van der Waals surface area contributed by atoms with Crippen molar-refractivity contribution < 1.29 is 0 Å². The van der Waals surface area contributed by atoms with Crippen molar-refractivity contribution in [3.05, 3.63) is 12.2 Å². The van der Waals surface area contributed by atoms with Gasteiger partial charge in [-0.2, -0.15) is 0 Å². The fourth-order valence-corrected chi connectivity index (χ4v) is 7.85. The summed E-state index contributed by atoms with van der Waals surface area (Å²) in [6.07, 6.45) is 12.0. The lowest BCUT2D eigenvalue weighted by Crippen LogP contribution is -2.40. The molecule has 0 amide bonds. The lowest BCUT2D eigenvalue weighted by atomic mass is 9.57. The Morgan fingerprint density at radius 2 is 1.59 bits per heavy atom. The molecule has 7 unspecified atom stereocenters. The van der Waals surface area contributed by atoms with Crippen LogP contribution >= 0.6 is 0 Å². The third kappa shape index (κ3) is 2.08. The highest BCUT2D eigenvalue weighted by molar-refractivity contribution is 5.23. The predicted molar refractivity (Wildman–Crippen MR) is 94.5 cm³/mol. The first-order valence-electron chi connectivity index (χ1n) is 10.3. The SMILES string of the molecule is C=C1C2C(C)C(CC)CCC2C2C[C@H]3CCCC[C@H]3C(C)C12. The average Bonchev–Trinajstić information content (AvgIpc) is 2.82. The van der Waals surface area contributed by atoms with Crippen molar-refractivity contribution in [3.8, 4) is 0 Å². The molecule has 9 atom stereocenters. The summed E-state index contributed by atoms with van der Waals surface area (Å²) >= 11 is 0. The van der Waals surface area contributed by atoms with E-state index >= 15 is 0 Å². The minimum absolute atomic E-state index is 0.872. The summed E-state index contributed by atoms with van der Waals surface area (Å²) in [6, 6.07) is 0. The Bertz CT molecular complexity index is 435. The van der Waals surface area contributed by atoms with Crippen LogP contribution in [0.25, 0.3) is 0 Å². The summed E-state index contributed by atoms with van der Waals surface area (Å²) in [7, 11) is 0. The molecule has 4 saturated carbocycles. The van der Waals surface area contributed by atoms with Crippen LogP contribution in [0.1, 0.15) is 72.1 Å². The minimum Gasteiger partial charge on any atom is -0.0993 e. The molecule has 0 aromatic carbocycles. The van der Waals surface area contributed by atoms with E-state index in [2.05, 4.69) is 20.8 Å². The first-order valence-corrected chi connectivity index (χ1v) is 10.3. The molecule has 0 bridgehead atoms. The maximum Gasteiger partial charge on any atom is -0.0143 e. The van der Waals surface area contributed by atoms with Crippen molar-refractivity contribution in [1.82, 2.24) is 0 Å². The van der Waals surface area contributed by atoms with Crippen LogP contribution in [0.5, 0.6) is 0 Å². The van der Waals surface area contributed by atoms with E-state index in [1.807, 2.05) is 0 Å². The van der Waals surface area contributed by atoms with Crippen LogP contribution in [0, 0.1) is 53.3 Å². The zero-order valence-corrected chi connectivity index (χ0v) is 15.1. The molecule has 0 aliphatic heterocycles. The van der Waals surface area contributed by atoms with Gasteiger partial charge in [0.15, 0.2) is 0 Å². The van der Waals surface area contributed by atoms with Gasteiger partial charge in [0.05, 0.1) is 0 Å². The maximum atomic E-state index is 4.73. The van der Waals surface area contributed by atoms with Gasteiger partial charge in [0.1, 0.15) is 0 Å². The lowest BCUT2D eigenvalue weighted by molar-refractivity contribution is 0.0172. The zero-order chi connectivity index (χ0) is 15.4. The van der Waals surface area contributed by atoms with Crippen molar-refractivity contribution >= 4 is 0 Å². The average molecular weight is 301 g/mol. The Hall–Kier alpha value is -0.260. The molecule has 0 nitrogen and oxygen atoms in total. The molecule has 0 spiro atoms. The standard InChI is InChI=1S/C22H36/c1-5-16-10-11-19-20-12-17-8-6-7-9-18(17)14(3)22(20)15(4)21(19)13(16)2/h13-14,16-22H,4-12H2,1-3H3/t13?,14?,16?,17-,18+,19?,20?,21?,22?/m1/s1. The van der Waals surface area contributed by atoms with Crippen LogP contribution in [-0.4, -0.2) is 0 Å². The van der Waals surface area contributed by atoms with E-state index in [-0.39, 0.29) is 0 Å². The predicted octanol–water partition coefficient (Wildman–Crippen LogP) is 6.32. The number of hydrogen-bond acceptors (Lipinski definition) is 0. The molecule has 4 rings (SSSR count). The quantitative estimate of drug-likeness (QED) is 0.497. The largest absolute Gasteiger partial charge is 0.0993 e. The molecule has 0 aromatic heterocycles. The molecule has 0 aromatic rings. The number of fused-ring (bicyclic) bond motifs is 4. The van der Waals surface area contributed by atoms with Crippen molar-refractivity contribution in [2.45, 2.75) is 72.1 Å². The molecule has 4 aliphatic rings. The Kier molecular flexibility index (Phi) is 3.94. The van der Waals surface area contributed by atoms with Crippen LogP contribution < -0.4 is 0 Å². The Morgan fingerprint density at radius 1 is 0.864 bits per heavy atom. The van der Waals surface area contributed by atoms with Crippen LogP contribution in [0.4, 0.5) is 0 Å². The first-order chi connectivity index (χ1) is 10.6. The molecule has 0 heterocycles. The van der Waals surface area contributed by atoms with E-state index in [1.54, 1.807) is 12.0 Å². The van der Waals surface area contributed by atoms with Gasteiger partial charge < -0.3 is 0 Å². The number of hydrogen-bond donors (Lipinski definition) is 0. The van der Waals surface area contributed by atoms with E-state index in [0.29, 0.717) is 0 Å². The normalized spacial score (nSPS) is 54.5. The summed E-state index contributed by atoms with van der Waals surface area (Å²) in [5, 5.41) is 0. The summed E-state index contributed by atoms with van der Waals surface area (Å²) in [4.78, 5) is 0. The van der Waals surface area contributed by atoms with Gasteiger partial charge in [0.25, 0.3) is 0 Å². The van der Waals surface area contributed by atoms with E-state index in [4.69, 9.17) is 6.58 Å². The van der Waals surface area contributed by atoms with Gasteiger partial charge in [-0.25, -0.2) is 0 Å². The topological polar surface area (TPSA) is 0 Å². The highest BCUT2D eigenvalue weighted by Crippen LogP contribution is 2.63. The van der Waals surface area contributed by atoms with E-state index in [9.17, 15) is 0 Å². The molecule has 0 N–H and O–H groups in total. The third-order valence-electron chi connectivity index (χ3n) is 8.82. The number of allylic oxidation sites excluding steroid dienone is 1. The van der Waals surface area contributed by atoms with Gasteiger partial charge in [0, 0.05) is 0 Å². The maximum absolute atomic E-state index is 4.73. The van der Waals surface area contributed by atoms with Gasteiger partial charge in [-0.1, -0.05) is 58.6 Å². The number of rotatable bonds is 1. The van der Waals surface area contributed by atoms with Crippen LogP contribution in [-0.2, 0) is 0 Å². The minimum atomic E-state index is 0.872. The molecule has 0 heteroatoms. The highest BCUT2D eigenvalue weighted by atomic mass is 14.6. The van der Waals surface area contributed by atoms with Crippen molar-refractivity contribution in [2.75, 3.05) is 0 Å². The molecular weight excluding hydrogens is 264 g/mol. The second kappa shape index (κ2) is 5.67. The summed E-state index contributed by atoms with van der Waals surface area (Å²) in [5.74, 6) is 8.65. The zero-order valence-electron chi connectivity index (χ0n) is 15.1. The molecular formula is C22H36. The van der Waals surface area contributed by atoms with E-state index in [0.717, 1.165) is 53.3 Å². The van der Waals surface area contributed by atoms with Crippen molar-refractivity contribution in [2.24, 2.45) is 53.3 Å². The first kappa shape index (κ1) is 15.3. The monoisotopic (exact) mass is 300 g/mol. The van der Waals surface area contributed by atoms with E-state index in [1.165, 1.54) is 44.9 Å². The molecule has 124 valence electrons. The lowest BCUT2D eigenvalue weighted by Gasteiger charge is -2.48. The van der Waals surface area contributed by atoms with Gasteiger partial charge in [0.2, 0.25) is 0 Å². The summed E-state index contributed by atoms with van der Waals surface area (Å²) in [6.45, 7) is 12.3. The molecule has 4 aliphatic carbocycles. The van der Waals surface area contributed by atoms with Crippen LogP contribution in [0.3, 0.4) is 0 Å². The molecule has 0 radical (unpaired) electrons. The summed E-state index contributed by atoms with van der Waals surface area (Å²) in [5.41, 5.74) is 1.71. The second-order valence-corrected chi connectivity index (χ2v) is 9.36.